The Morgan fingerprint density at radius 2 is 1.97 bits per heavy atom. The summed E-state index contributed by atoms with van der Waals surface area (Å²) in [4.78, 5) is 16.5. The van der Waals surface area contributed by atoms with Gasteiger partial charge in [0.25, 0.3) is 0 Å². The van der Waals surface area contributed by atoms with E-state index in [0.29, 0.717) is 27.7 Å². The van der Waals surface area contributed by atoms with Gasteiger partial charge in [-0.3, -0.25) is 15.1 Å². The second-order valence-electron chi connectivity index (χ2n) is 6.05. The number of carbonyl (C=O) groups is 1. The average molecular weight is 442 g/mol. The monoisotopic (exact) mass is 441 g/mol. The van der Waals surface area contributed by atoms with Crippen molar-refractivity contribution in [2.24, 2.45) is 0 Å². The van der Waals surface area contributed by atoms with Gasteiger partial charge >= 0.3 is 0 Å². The maximum absolute atomic E-state index is 13.1. The summed E-state index contributed by atoms with van der Waals surface area (Å²) in [6, 6.07) is 9.71. The van der Waals surface area contributed by atoms with E-state index in [2.05, 4.69) is 30.7 Å². The number of pyridine rings is 1. The Morgan fingerprint density at radius 3 is 2.70 bits per heavy atom. The van der Waals surface area contributed by atoms with Crippen molar-refractivity contribution in [2.45, 2.75) is 18.6 Å². The molecule has 30 heavy (non-hydrogen) atoms. The van der Waals surface area contributed by atoms with Gasteiger partial charge in [-0.1, -0.05) is 23.1 Å². The molecule has 0 aliphatic rings. The van der Waals surface area contributed by atoms with E-state index in [0.717, 1.165) is 11.1 Å². The summed E-state index contributed by atoms with van der Waals surface area (Å²) in [6.45, 7) is 2.66. The summed E-state index contributed by atoms with van der Waals surface area (Å²) in [6.07, 6.45) is 3.43. The third-order valence-corrected chi connectivity index (χ3v) is 5.90. The minimum absolute atomic E-state index is 0.149. The van der Waals surface area contributed by atoms with Crippen molar-refractivity contribution in [1.82, 2.24) is 29.9 Å². The Morgan fingerprint density at radius 1 is 1.13 bits per heavy atom. The average Bonchev–Trinajstić information content (AvgIpc) is 3.40. The lowest BCUT2D eigenvalue weighted by Crippen LogP contribution is -2.14. The lowest BCUT2D eigenvalue weighted by Gasteiger charge is -2.06. The molecule has 0 aliphatic heterocycles. The highest BCUT2D eigenvalue weighted by Gasteiger charge is 2.16. The number of nitrogens with zero attached hydrogens (tertiary/aromatic N) is 6. The van der Waals surface area contributed by atoms with Gasteiger partial charge in [-0.25, -0.2) is 4.39 Å². The van der Waals surface area contributed by atoms with E-state index >= 15 is 0 Å². The van der Waals surface area contributed by atoms with Crippen LogP contribution in [-0.4, -0.2) is 41.6 Å². The van der Waals surface area contributed by atoms with Crippen LogP contribution in [0.3, 0.4) is 0 Å². The molecule has 3 heterocycles. The normalized spacial score (nSPS) is 10.9. The summed E-state index contributed by atoms with van der Waals surface area (Å²) in [7, 11) is 0. The number of rotatable bonds is 7. The SMILES string of the molecule is CCn1c(SCC(=O)Nc2nnc(-c3ccc(F)cc3)s2)nnc1-c1cccnc1. The molecule has 0 fully saturated rings. The predicted octanol–water partition coefficient (Wildman–Crippen LogP) is 3.75. The topological polar surface area (TPSA) is 98.5 Å². The van der Waals surface area contributed by atoms with Crippen LogP contribution in [0.2, 0.25) is 0 Å². The maximum atomic E-state index is 13.1. The number of hydrogen-bond acceptors (Lipinski definition) is 8. The van der Waals surface area contributed by atoms with E-state index in [4.69, 9.17) is 0 Å². The molecule has 4 rings (SSSR count). The third kappa shape index (κ3) is 4.52. The molecule has 152 valence electrons. The molecule has 0 unspecified atom stereocenters. The zero-order chi connectivity index (χ0) is 20.9. The van der Waals surface area contributed by atoms with Crippen LogP contribution in [0.4, 0.5) is 9.52 Å². The second-order valence-corrected chi connectivity index (χ2v) is 7.97. The zero-order valence-electron chi connectivity index (χ0n) is 15.8. The fourth-order valence-corrected chi connectivity index (χ4v) is 4.22. The third-order valence-electron chi connectivity index (χ3n) is 4.05. The van der Waals surface area contributed by atoms with Gasteiger partial charge in [-0.2, -0.15) is 0 Å². The van der Waals surface area contributed by atoms with Crippen molar-refractivity contribution in [2.75, 3.05) is 11.1 Å². The van der Waals surface area contributed by atoms with Gasteiger partial charge in [0, 0.05) is 30.1 Å². The number of benzene rings is 1. The molecule has 0 radical (unpaired) electrons. The molecule has 0 spiro atoms. The number of nitrogens with one attached hydrogen (secondary N) is 1. The Labute approximate surface area is 179 Å². The van der Waals surface area contributed by atoms with E-state index in [1.54, 1.807) is 24.5 Å². The van der Waals surface area contributed by atoms with E-state index in [9.17, 15) is 9.18 Å². The highest BCUT2D eigenvalue weighted by Crippen LogP contribution is 2.27. The molecule has 1 aromatic carbocycles. The van der Waals surface area contributed by atoms with Crippen LogP contribution in [-0.2, 0) is 11.3 Å². The van der Waals surface area contributed by atoms with Crippen molar-refractivity contribution in [1.29, 1.82) is 0 Å². The minimum atomic E-state index is -0.319. The fourth-order valence-electron chi connectivity index (χ4n) is 2.66. The lowest BCUT2D eigenvalue weighted by atomic mass is 10.2. The first kappa shape index (κ1) is 20.1. The van der Waals surface area contributed by atoms with Gasteiger partial charge in [0.05, 0.1) is 5.75 Å². The molecule has 1 amide bonds. The van der Waals surface area contributed by atoms with Crippen LogP contribution >= 0.6 is 23.1 Å². The van der Waals surface area contributed by atoms with Gasteiger partial charge in [0.15, 0.2) is 11.0 Å². The quantitative estimate of drug-likeness (QED) is 0.436. The molecule has 0 bridgehead atoms. The molecule has 4 aromatic rings. The van der Waals surface area contributed by atoms with Crippen molar-refractivity contribution in [3.05, 3.63) is 54.6 Å². The highest BCUT2D eigenvalue weighted by molar-refractivity contribution is 7.99. The number of anilines is 1. The molecule has 3 aromatic heterocycles. The summed E-state index contributed by atoms with van der Waals surface area (Å²) in [5.74, 6) is 0.314. The Bertz CT molecular complexity index is 1150. The van der Waals surface area contributed by atoms with Crippen LogP contribution < -0.4 is 5.32 Å². The standard InChI is InChI=1S/C19H16FN7OS2/c1-2-27-16(13-4-3-9-21-10-13)23-26-19(27)29-11-15(28)22-18-25-24-17(30-18)12-5-7-14(20)8-6-12/h3-10H,2,11H2,1H3,(H,22,25,28). The van der Waals surface area contributed by atoms with Crippen LogP contribution in [0, 0.1) is 5.82 Å². The molecule has 8 nitrogen and oxygen atoms in total. The van der Waals surface area contributed by atoms with Crippen LogP contribution in [0.5, 0.6) is 0 Å². The summed E-state index contributed by atoms with van der Waals surface area (Å²) in [5.41, 5.74) is 1.60. The summed E-state index contributed by atoms with van der Waals surface area (Å²) in [5, 5.41) is 20.8. The lowest BCUT2D eigenvalue weighted by molar-refractivity contribution is -0.113. The van der Waals surface area contributed by atoms with Crippen LogP contribution in [0.1, 0.15) is 6.92 Å². The minimum Gasteiger partial charge on any atom is -0.302 e. The predicted molar refractivity (Wildman–Crippen MR) is 114 cm³/mol. The van der Waals surface area contributed by atoms with Gasteiger partial charge in [0.2, 0.25) is 11.0 Å². The van der Waals surface area contributed by atoms with Crippen molar-refractivity contribution >= 4 is 34.1 Å². The van der Waals surface area contributed by atoms with E-state index < -0.39 is 0 Å². The van der Waals surface area contributed by atoms with E-state index in [1.807, 2.05) is 23.6 Å². The molecule has 0 saturated heterocycles. The largest absolute Gasteiger partial charge is 0.302 e. The maximum Gasteiger partial charge on any atom is 0.236 e. The number of aromatic nitrogens is 6. The van der Waals surface area contributed by atoms with E-state index in [-0.39, 0.29) is 17.5 Å². The molecule has 0 atom stereocenters. The van der Waals surface area contributed by atoms with Crippen molar-refractivity contribution in [3.63, 3.8) is 0 Å². The van der Waals surface area contributed by atoms with Crippen LogP contribution in [0.25, 0.3) is 22.0 Å². The first-order chi connectivity index (χ1) is 14.6. The Hall–Kier alpha value is -3.18. The van der Waals surface area contributed by atoms with Gasteiger partial charge in [0.1, 0.15) is 10.8 Å². The second kappa shape index (κ2) is 9.09. The highest BCUT2D eigenvalue weighted by atomic mass is 32.2. The van der Waals surface area contributed by atoms with E-state index in [1.165, 1.54) is 35.2 Å². The Balaban J connectivity index is 1.39. The first-order valence-electron chi connectivity index (χ1n) is 8.99. The molecule has 11 heteroatoms. The molecule has 0 saturated carbocycles. The number of amides is 1. The number of carbonyl (C=O) groups excluding carboxylic acids is 1. The number of halogens is 1. The van der Waals surface area contributed by atoms with Gasteiger partial charge < -0.3 is 4.57 Å². The van der Waals surface area contributed by atoms with Gasteiger partial charge in [-0.05, 0) is 43.3 Å². The van der Waals surface area contributed by atoms with Crippen molar-refractivity contribution < 1.29 is 9.18 Å². The summed E-state index contributed by atoms with van der Waals surface area (Å²) >= 11 is 2.52. The zero-order valence-corrected chi connectivity index (χ0v) is 17.5. The van der Waals surface area contributed by atoms with Gasteiger partial charge in [-0.15, -0.1) is 20.4 Å². The molecule has 1 N–H and O–H groups in total. The molecular formula is C19H16FN7OS2. The number of thioether (sulfide) groups is 1. The van der Waals surface area contributed by atoms with Crippen LogP contribution in [0.15, 0.2) is 53.9 Å². The smallest absolute Gasteiger partial charge is 0.236 e. The molecular weight excluding hydrogens is 425 g/mol. The Kier molecular flexibility index (Phi) is 6.10. The molecule has 0 aliphatic carbocycles. The number of hydrogen-bond donors (Lipinski definition) is 1. The summed E-state index contributed by atoms with van der Waals surface area (Å²) < 4.78 is 15.0. The fraction of sp³-hybridized carbons (Fsp3) is 0.158. The first-order valence-corrected chi connectivity index (χ1v) is 10.8. The van der Waals surface area contributed by atoms with Crippen molar-refractivity contribution in [3.8, 4) is 22.0 Å².